The fourth-order valence-electron chi connectivity index (χ4n) is 6.94. The number of rotatable bonds is 9. The van der Waals surface area contributed by atoms with Crippen LogP contribution in [0.15, 0.2) is 127 Å². The first-order valence-corrected chi connectivity index (χ1v) is 17.1. The number of nitrogens with one attached hydrogen (secondary N) is 1. The SMILES string of the molecule is CN1C(Cc2ccc(OCc3ccccc3)cc2)C(=O)N(Cc2cccc3ccccc23)CC2N(C(=O)NCc3ccccc3)CCC(=O)N21. The fraction of sp³-hybridized carbons (Fsp3) is 0.244. The smallest absolute Gasteiger partial charge is 0.319 e. The summed E-state index contributed by atoms with van der Waals surface area (Å²) in [5, 5.41) is 8.59. The molecule has 2 fully saturated rings. The Morgan fingerprint density at radius 3 is 2.22 bits per heavy atom. The van der Waals surface area contributed by atoms with Crippen molar-refractivity contribution in [3.05, 3.63) is 150 Å². The van der Waals surface area contributed by atoms with Gasteiger partial charge in [0.25, 0.3) is 0 Å². The number of fused-ring (bicyclic) bond motifs is 2. The highest BCUT2D eigenvalue weighted by molar-refractivity contribution is 5.88. The van der Waals surface area contributed by atoms with E-state index >= 15 is 0 Å². The van der Waals surface area contributed by atoms with Gasteiger partial charge in [0.05, 0.1) is 6.54 Å². The molecular formula is C41H41N5O4. The Kier molecular flexibility index (Phi) is 9.75. The summed E-state index contributed by atoms with van der Waals surface area (Å²) in [4.78, 5) is 45.6. The van der Waals surface area contributed by atoms with E-state index in [2.05, 4.69) is 23.5 Å². The van der Waals surface area contributed by atoms with E-state index in [1.54, 1.807) is 22.0 Å². The van der Waals surface area contributed by atoms with E-state index in [1.807, 2.05) is 114 Å². The summed E-state index contributed by atoms with van der Waals surface area (Å²) < 4.78 is 6.00. The molecule has 9 heteroatoms. The van der Waals surface area contributed by atoms with Gasteiger partial charge in [-0.2, -0.15) is 0 Å². The van der Waals surface area contributed by atoms with E-state index in [4.69, 9.17) is 4.74 Å². The zero-order valence-corrected chi connectivity index (χ0v) is 28.2. The van der Waals surface area contributed by atoms with Crippen molar-refractivity contribution < 1.29 is 19.1 Å². The number of hydrogen-bond acceptors (Lipinski definition) is 5. The molecule has 2 saturated heterocycles. The van der Waals surface area contributed by atoms with Crippen molar-refractivity contribution in [2.45, 2.75) is 44.7 Å². The zero-order valence-electron chi connectivity index (χ0n) is 28.2. The summed E-state index contributed by atoms with van der Waals surface area (Å²) in [6.45, 7) is 1.61. The summed E-state index contributed by atoms with van der Waals surface area (Å²) in [7, 11) is 1.79. The van der Waals surface area contributed by atoms with E-state index < -0.39 is 12.2 Å². The maximum atomic E-state index is 14.7. The molecule has 5 aromatic rings. The van der Waals surface area contributed by atoms with Gasteiger partial charge in [0, 0.05) is 33.1 Å². The number of hydrazine groups is 1. The van der Waals surface area contributed by atoms with Gasteiger partial charge >= 0.3 is 6.03 Å². The highest BCUT2D eigenvalue weighted by atomic mass is 16.5. The van der Waals surface area contributed by atoms with Crippen molar-refractivity contribution in [1.29, 1.82) is 0 Å². The molecule has 0 bridgehead atoms. The van der Waals surface area contributed by atoms with Crippen LogP contribution in [-0.2, 0) is 35.7 Å². The number of hydrogen-bond donors (Lipinski definition) is 1. The lowest BCUT2D eigenvalue weighted by atomic mass is 10.0. The number of likely N-dealkylation sites (N-methyl/N-ethyl adjacent to an activating group) is 1. The first-order valence-electron chi connectivity index (χ1n) is 17.1. The molecule has 0 saturated carbocycles. The predicted octanol–water partition coefficient (Wildman–Crippen LogP) is 5.99. The van der Waals surface area contributed by atoms with Gasteiger partial charge in [-0.05, 0) is 51.6 Å². The number of ether oxygens (including phenoxy) is 1. The van der Waals surface area contributed by atoms with Crippen molar-refractivity contribution >= 4 is 28.6 Å². The summed E-state index contributed by atoms with van der Waals surface area (Å²) in [6, 6.07) is 40.8. The molecule has 2 aliphatic rings. The number of carbonyl (C=O) groups is 3. The second kappa shape index (κ2) is 14.8. The summed E-state index contributed by atoms with van der Waals surface area (Å²) >= 11 is 0. The molecule has 254 valence electrons. The quantitative estimate of drug-likeness (QED) is 0.209. The number of benzene rings is 5. The van der Waals surface area contributed by atoms with E-state index in [9.17, 15) is 14.4 Å². The molecule has 2 aliphatic heterocycles. The second-order valence-corrected chi connectivity index (χ2v) is 12.9. The molecule has 4 amide bonds. The van der Waals surface area contributed by atoms with Crippen LogP contribution in [0.1, 0.15) is 28.7 Å². The molecule has 5 aromatic carbocycles. The lowest BCUT2D eigenvalue weighted by Crippen LogP contribution is -2.66. The van der Waals surface area contributed by atoms with Crippen molar-refractivity contribution in [2.24, 2.45) is 0 Å². The largest absolute Gasteiger partial charge is 0.489 e. The molecule has 9 nitrogen and oxygen atoms in total. The van der Waals surface area contributed by atoms with Gasteiger partial charge in [-0.15, -0.1) is 0 Å². The van der Waals surface area contributed by atoms with Crippen molar-refractivity contribution in [3.63, 3.8) is 0 Å². The van der Waals surface area contributed by atoms with Crippen LogP contribution < -0.4 is 10.1 Å². The third kappa shape index (κ3) is 7.18. The Morgan fingerprint density at radius 2 is 1.46 bits per heavy atom. The van der Waals surface area contributed by atoms with Crippen LogP contribution in [0.2, 0.25) is 0 Å². The molecule has 2 unspecified atom stereocenters. The Hall–Kier alpha value is -5.67. The lowest BCUT2D eigenvalue weighted by Gasteiger charge is -2.46. The lowest BCUT2D eigenvalue weighted by molar-refractivity contribution is -0.171. The standard InChI is InChI=1S/C41H41N5O4/c1-43-37(25-30-19-21-35(22-20-30)50-29-32-13-6-3-7-14-32)40(48)44(27-34-17-10-16-33-15-8-9-18-36(33)34)28-38-45(24-23-39(47)46(38)43)41(49)42-26-31-11-4-2-5-12-31/h2-22,37-38H,23-29H2,1H3,(H,42,49). The van der Waals surface area contributed by atoms with Crippen LogP contribution in [-0.4, -0.2) is 70.0 Å². The van der Waals surface area contributed by atoms with Gasteiger partial charge < -0.3 is 19.9 Å². The molecule has 50 heavy (non-hydrogen) atoms. The highest BCUT2D eigenvalue weighted by Crippen LogP contribution is 2.29. The van der Waals surface area contributed by atoms with Gasteiger partial charge in [0.2, 0.25) is 11.8 Å². The van der Waals surface area contributed by atoms with Crippen LogP contribution in [0.25, 0.3) is 10.8 Å². The highest BCUT2D eigenvalue weighted by Gasteiger charge is 2.47. The molecular weight excluding hydrogens is 626 g/mol. The van der Waals surface area contributed by atoms with E-state index in [1.165, 1.54) is 0 Å². The third-order valence-corrected chi connectivity index (χ3v) is 9.62. The Balaban J connectivity index is 1.17. The molecule has 2 heterocycles. The number of carbonyl (C=O) groups excluding carboxylic acids is 3. The Bertz CT molecular complexity index is 1950. The average molecular weight is 668 g/mol. The van der Waals surface area contributed by atoms with E-state index in [-0.39, 0.29) is 37.4 Å². The molecule has 0 aromatic heterocycles. The van der Waals surface area contributed by atoms with Crippen molar-refractivity contribution in [1.82, 2.24) is 25.1 Å². The van der Waals surface area contributed by atoms with Crippen molar-refractivity contribution in [3.8, 4) is 5.75 Å². The van der Waals surface area contributed by atoms with E-state index in [0.29, 0.717) is 26.1 Å². The maximum Gasteiger partial charge on any atom is 0.319 e. The number of nitrogens with zero attached hydrogens (tertiary/aromatic N) is 4. The predicted molar refractivity (Wildman–Crippen MR) is 192 cm³/mol. The molecule has 2 atom stereocenters. The van der Waals surface area contributed by atoms with Crippen LogP contribution in [0.3, 0.4) is 0 Å². The molecule has 0 spiro atoms. The minimum Gasteiger partial charge on any atom is -0.489 e. The molecule has 7 rings (SSSR count). The van der Waals surface area contributed by atoms with Gasteiger partial charge in [-0.3, -0.25) is 9.59 Å². The molecule has 0 aliphatic carbocycles. The zero-order chi connectivity index (χ0) is 34.5. The second-order valence-electron chi connectivity index (χ2n) is 12.9. The third-order valence-electron chi connectivity index (χ3n) is 9.62. The monoisotopic (exact) mass is 667 g/mol. The normalized spacial score (nSPS) is 18.1. The minimum absolute atomic E-state index is 0.100. The van der Waals surface area contributed by atoms with Crippen LogP contribution in [0.5, 0.6) is 5.75 Å². The fourth-order valence-corrected chi connectivity index (χ4v) is 6.94. The maximum absolute atomic E-state index is 14.7. The van der Waals surface area contributed by atoms with Crippen LogP contribution in [0.4, 0.5) is 4.79 Å². The van der Waals surface area contributed by atoms with Crippen molar-refractivity contribution in [2.75, 3.05) is 20.1 Å². The first kappa shape index (κ1) is 32.9. The van der Waals surface area contributed by atoms with E-state index in [0.717, 1.165) is 38.8 Å². The van der Waals surface area contributed by atoms with Gasteiger partial charge in [0.1, 0.15) is 24.6 Å². The Morgan fingerprint density at radius 1 is 0.780 bits per heavy atom. The average Bonchev–Trinajstić information content (AvgIpc) is 3.25. The summed E-state index contributed by atoms with van der Waals surface area (Å²) in [5.74, 6) is 0.523. The van der Waals surface area contributed by atoms with Crippen LogP contribution >= 0.6 is 0 Å². The Labute approximate surface area is 292 Å². The summed E-state index contributed by atoms with van der Waals surface area (Å²) in [5.41, 5.74) is 4.01. The summed E-state index contributed by atoms with van der Waals surface area (Å²) in [6.07, 6.45) is -0.136. The number of amides is 4. The van der Waals surface area contributed by atoms with Gasteiger partial charge in [-0.25, -0.2) is 14.8 Å². The minimum atomic E-state index is -0.678. The van der Waals surface area contributed by atoms with Gasteiger partial charge in [0.15, 0.2) is 0 Å². The topological polar surface area (TPSA) is 85.4 Å². The first-order chi connectivity index (χ1) is 24.4. The molecule has 1 N–H and O–H groups in total. The van der Waals surface area contributed by atoms with Crippen LogP contribution in [0, 0.1) is 0 Å². The number of urea groups is 1. The molecule has 0 radical (unpaired) electrons. The van der Waals surface area contributed by atoms with Gasteiger partial charge in [-0.1, -0.05) is 115 Å².